The number of hydrogen-bond donors (Lipinski definition) is 1. The van der Waals surface area contributed by atoms with Gasteiger partial charge in [0.15, 0.2) is 0 Å². The molecule has 1 aromatic heterocycles. The zero-order chi connectivity index (χ0) is 13.9. The van der Waals surface area contributed by atoms with E-state index in [4.69, 9.17) is 0 Å². The van der Waals surface area contributed by atoms with Gasteiger partial charge in [-0.3, -0.25) is 0 Å². The van der Waals surface area contributed by atoms with Gasteiger partial charge in [0.05, 0.1) is 17.4 Å². The van der Waals surface area contributed by atoms with Gasteiger partial charge in [-0.25, -0.2) is 4.68 Å². The topological polar surface area (TPSA) is 29.9 Å². The molecule has 2 aromatic rings. The highest BCUT2D eigenvalue weighted by atomic mass is 19.4. The predicted octanol–water partition coefficient (Wildman–Crippen LogP) is 3.00. The highest BCUT2D eigenvalue weighted by Gasteiger charge is 2.29. The molecule has 0 bridgehead atoms. The molecule has 6 heteroatoms. The van der Waals surface area contributed by atoms with E-state index in [0.29, 0.717) is 12.2 Å². The molecule has 0 spiro atoms. The first-order valence-corrected chi connectivity index (χ1v) is 5.92. The molecule has 2 rings (SSSR count). The molecule has 0 saturated carbocycles. The summed E-state index contributed by atoms with van der Waals surface area (Å²) in [4.78, 5) is 0. The van der Waals surface area contributed by atoms with Crippen LogP contribution in [0.4, 0.5) is 13.2 Å². The number of hydrogen-bond acceptors (Lipinski definition) is 2. The first kappa shape index (κ1) is 13.6. The van der Waals surface area contributed by atoms with Crippen LogP contribution in [0.3, 0.4) is 0 Å². The van der Waals surface area contributed by atoms with Gasteiger partial charge in [0.25, 0.3) is 0 Å². The lowest BCUT2D eigenvalue weighted by Gasteiger charge is -2.07. The summed E-state index contributed by atoms with van der Waals surface area (Å²) >= 11 is 0. The van der Waals surface area contributed by atoms with E-state index in [9.17, 15) is 13.2 Å². The Bertz CT molecular complexity index is 529. The van der Waals surface area contributed by atoms with E-state index >= 15 is 0 Å². The Morgan fingerprint density at radius 3 is 2.47 bits per heavy atom. The fraction of sp³-hybridized carbons (Fsp3) is 0.308. The van der Waals surface area contributed by atoms with Crippen LogP contribution < -0.4 is 5.32 Å². The molecule has 0 aliphatic heterocycles. The zero-order valence-corrected chi connectivity index (χ0v) is 10.4. The first-order chi connectivity index (χ1) is 9.00. The number of alkyl halides is 3. The Morgan fingerprint density at radius 1 is 1.21 bits per heavy atom. The van der Waals surface area contributed by atoms with Gasteiger partial charge < -0.3 is 5.32 Å². The lowest BCUT2D eigenvalue weighted by Crippen LogP contribution is -2.10. The number of halogens is 3. The Labute approximate surface area is 109 Å². The average Bonchev–Trinajstić information content (AvgIpc) is 2.84. The van der Waals surface area contributed by atoms with Crippen molar-refractivity contribution in [3.63, 3.8) is 0 Å². The standard InChI is InChI=1S/C13H14F3N3/c1-2-17-7-10-8-18-19(9-10)12-5-3-11(4-6-12)13(14,15)16/h3-6,8-9,17H,2,7H2,1H3. The minimum Gasteiger partial charge on any atom is -0.313 e. The van der Waals surface area contributed by atoms with Crippen molar-refractivity contribution in [3.05, 3.63) is 47.8 Å². The van der Waals surface area contributed by atoms with E-state index in [-0.39, 0.29) is 0 Å². The minimum atomic E-state index is -4.31. The Morgan fingerprint density at radius 2 is 1.89 bits per heavy atom. The second-order valence-corrected chi connectivity index (χ2v) is 4.12. The maximum absolute atomic E-state index is 12.4. The Balaban J connectivity index is 2.16. The highest BCUT2D eigenvalue weighted by Crippen LogP contribution is 2.29. The van der Waals surface area contributed by atoms with Crippen LogP contribution in [-0.4, -0.2) is 16.3 Å². The summed E-state index contributed by atoms with van der Waals surface area (Å²) < 4.78 is 38.9. The van der Waals surface area contributed by atoms with E-state index in [0.717, 1.165) is 24.2 Å². The molecule has 0 amide bonds. The summed E-state index contributed by atoms with van der Waals surface area (Å²) in [5.41, 5.74) is 0.939. The van der Waals surface area contributed by atoms with Crippen molar-refractivity contribution in [2.24, 2.45) is 0 Å². The normalized spacial score (nSPS) is 11.8. The number of nitrogens with one attached hydrogen (secondary N) is 1. The third-order valence-corrected chi connectivity index (χ3v) is 2.67. The van der Waals surface area contributed by atoms with Crippen molar-refractivity contribution in [1.82, 2.24) is 15.1 Å². The fourth-order valence-corrected chi connectivity index (χ4v) is 1.67. The van der Waals surface area contributed by atoms with Gasteiger partial charge in [0.2, 0.25) is 0 Å². The largest absolute Gasteiger partial charge is 0.416 e. The highest BCUT2D eigenvalue weighted by molar-refractivity contribution is 5.35. The smallest absolute Gasteiger partial charge is 0.313 e. The molecule has 0 fully saturated rings. The third kappa shape index (κ3) is 3.35. The zero-order valence-electron chi connectivity index (χ0n) is 10.4. The van der Waals surface area contributed by atoms with Crippen LogP contribution in [0, 0.1) is 0 Å². The molecule has 3 nitrogen and oxygen atoms in total. The van der Waals surface area contributed by atoms with E-state index in [1.165, 1.54) is 12.1 Å². The monoisotopic (exact) mass is 269 g/mol. The van der Waals surface area contributed by atoms with E-state index in [1.54, 1.807) is 17.1 Å². The van der Waals surface area contributed by atoms with Crippen molar-refractivity contribution in [2.75, 3.05) is 6.54 Å². The fourth-order valence-electron chi connectivity index (χ4n) is 1.67. The molecular formula is C13H14F3N3. The summed E-state index contributed by atoms with van der Waals surface area (Å²) in [5, 5.41) is 7.28. The van der Waals surface area contributed by atoms with Crippen molar-refractivity contribution in [2.45, 2.75) is 19.6 Å². The quantitative estimate of drug-likeness (QED) is 0.924. The number of benzene rings is 1. The van der Waals surface area contributed by atoms with Gasteiger partial charge in [-0.1, -0.05) is 6.92 Å². The molecule has 0 saturated heterocycles. The molecule has 0 aliphatic rings. The lowest BCUT2D eigenvalue weighted by molar-refractivity contribution is -0.137. The summed E-state index contributed by atoms with van der Waals surface area (Å²) in [7, 11) is 0. The minimum absolute atomic E-state index is 0.607. The average molecular weight is 269 g/mol. The summed E-state index contributed by atoms with van der Waals surface area (Å²) in [6.45, 7) is 3.54. The predicted molar refractivity (Wildman–Crippen MR) is 65.9 cm³/mol. The van der Waals surface area contributed by atoms with Crippen LogP contribution >= 0.6 is 0 Å². The van der Waals surface area contributed by atoms with E-state index in [2.05, 4.69) is 10.4 Å². The van der Waals surface area contributed by atoms with Gasteiger partial charge in [-0.2, -0.15) is 18.3 Å². The van der Waals surface area contributed by atoms with Crippen LogP contribution in [0.1, 0.15) is 18.1 Å². The first-order valence-electron chi connectivity index (χ1n) is 5.92. The van der Waals surface area contributed by atoms with Gasteiger partial charge in [-0.05, 0) is 30.8 Å². The van der Waals surface area contributed by atoms with E-state index < -0.39 is 11.7 Å². The molecule has 102 valence electrons. The van der Waals surface area contributed by atoms with Gasteiger partial charge in [0, 0.05) is 18.3 Å². The Hall–Kier alpha value is -1.82. The third-order valence-electron chi connectivity index (χ3n) is 2.67. The van der Waals surface area contributed by atoms with Crippen LogP contribution in [0.2, 0.25) is 0 Å². The second kappa shape index (κ2) is 5.44. The number of aromatic nitrogens is 2. The molecule has 1 heterocycles. The maximum atomic E-state index is 12.4. The van der Waals surface area contributed by atoms with Gasteiger partial charge in [0.1, 0.15) is 0 Å². The van der Waals surface area contributed by atoms with Crippen LogP contribution in [0.25, 0.3) is 5.69 Å². The van der Waals surface area contributed by atoms with Crippen molar-refractivity contribution in [3.8, 4) is 5.69 Å². The van der Waals surface area contributed by atoms with Crippen molar-refractivity contribution >= 4 is 0 Å². The SMILES string of the molecule is CCNCc1cnn(-c2ccc(C(F)(F)F)cc2)c1. The summed E-state index contributed by atoms with van der Waals surface area (Å²) in [5.74, 6) is 0. The van der Waals surface area contributed by atoms with Crippen molar-refractivity contribution in [1.29, 1.82) is 0 Å². The summed E-state index contributed by atoms with van der Waals surface area (Å²) in [6.07, 6.45) is -0.815. The van der Waals surface area contributed by atoms with Crippen molar-refractivity contribution < 1.29 is 13.2 Å². The molecule has 0 aliphatic carbocycles. The second-order valence-electron chi connectivity index (χ2n) is 4.12. The van der Waals surface area contributed by atoms with Gasteiger partial charge >= 0.3 is 6.18 Å². The lowest BCUT2D eigenvalue weighted by atomic mass is 10.2. The molecule has 1 N–H and O–H groups in total. The molecule has 19 heavy (non-hydrogen) atoms. The summed E-state index contributed by atoms with van der Waals surface area (Å²) in [6, 6.07) is 4.93. The van der Waals surface area contributed by atoms with E-state index in [1.807, 2.05) is 6.92 Å². The van der Waals surface area contributed by atoms with Crippen LogP contribution in [0.5, 0.6) is 0 Å². The molecule has 0 atom stereocenters. The van der Waals surface area contributed by atoms with Crippen LogP contribution in [0.15, 0.2) is 36.7 Å². The number of rotatable bonds is 4. The van der Waals surface area contributed by atoms with Gasteiger partial charge in [-0.15, -0.1) is 0 Å². The Kier molecular flexibility index (Phi) is 3.90. The van der Waals surface area contributed by atoms with Crippen LogP contribution in [-0.2, 0) is 12.7 Å². The molecule has 0 unspecified atom stereocenters. The molecular weight excluding hydrogens is 255 g/mol. The molecule has 0 radical (unpaired) electrons. The molecule has 1 aromatic carbocycles. The maximum Gasteiger partial charge on any atom is 0.416 e. The number of nitrogens with zero attached hydrogens (tertiary/aromatic N) is 2.